The fourth-order valence-electron chi connectivity index (χ4n) is 2.71. The Kier molecular flexibility index (Phi) is 3.76. The largest absolute Gasteiger partial charge is 0.374 e. The number of nitrogens with one attached hydrogen (secondary N) is 1. The van der Waals surface area contributed by atoms with Gasteiger partial charge >= 0.3 is 0 Å². The van der Waals surface area contributed by atoms with Crippen LogP contribution in [0.15, 0.2) is 36.5 Å². The summed E-state index contributed by atoms with van der Waals surface area (Å²) in [5.74, 6) is 0. The van der Waals surface area contributed by atoms with Gasteiger partial charge < -0.3 is 10.1 Å². The molecule has 19 heavy (non-hydrogen) atoms. The molecule has 0 aliphatic carbocycles. The quantitative estimate of drug-likeness (QED) is 0.913. The van der Waals surface area contributed by atoms with Crippen LogP contribution in [0.2, 0.25) is 0 Å². The highest BCUT2D eigenvalue weighted by molar-refractivity contribution is 5.81. The van der Waals surface area contributed by atoms with Gasteiger partial charge in [0.15, 0.2) is 0 Å². The van der Waals surface area contributed by atoms with E-state index in [1.165, 1.54) is 23.8 Å². The summed E-state index contributed by atoms with van der Waals surface area (Å²) in [6.07, 6.45) is 5.00. The van der Waals surface area contributed by atoms with Crippen molar-refractivity contribution in [3.05, 3.63) is 42.1 Å². The van der Waals surface area contributed by atoms with Gasteiger partial charge in [-0.3, -0.25) is 4.98 Å². The van der Waals surface area contributed by atoms with Crippen molar-refractivity contribution in [3.63, 3.8) is 0 Å². The zero-order chi connectivity index (χ0) is 13.1. The number of benzene rings is 1. The molecule has 1 aromatic carbocycles. The van der Waals surface area contributed by atoms with E-state index < -0.39 is 0 Å². The molecule has 1 aliphatic heterocycles. The van der Waals surface area contributed by atoms with E-state index in [0.29, 0.717) is 12.2 Å². The number of nitrogens with zero attached hydrogens (tertiary/aromatic N) is 1. The molecule has 3 rings (SSSR count). The first-order chi connectivity index (χ1) is 9.33. The van der Waals surface area contributed by atoms with Crippen molar-refractivity contribution in [2.24, 2.45) is 0 Å². The van der Waals surface area contributed by atoms with Crippen molar-refractivity contribution >= 4 is 10.9 Å². The Morgan fingerprint density at radius 1 is 1.26 bits per heavy atom. The minimum atomic E-state index is 0.373. The topological polar surface area (TPSA) is 34.2 Å². The molecule has 0 radical (unpaired) electrons. The van der Waals surface area contributed by atoms with Gasteiger partial charge in [-0.15, -0.1) is 0 Å². The number of ether oxygens (including phenoxy) is 1. The fraction of sp³-hybridized carbons (Fsp3) is 0.438. The van der Waals surface area contributed by atoms with Gasteiger partial charge in [-0.2, -0.15) is 0 Å². The minimum Gasteiger partial charge on any atom is -0.374 e. The van der Waals surface area contributed by atoms with E-state index in [1.54, 1.807) is 0 Å². The highest BCUT2D eigenvalue weighted by Gasteiger charge is 2.20. The highest BCUT2D eigenvalue weighted by atomic mass is 16.5. The van der Waals surface area contributed by atoms with Gasteiger partial charge in [-0.1, -0.05) is 24.3 Å². The number of rotatable bonds is 4. The molecule has 0 spiro atoms. The normalized spacial score (nSPS) is 23.0. The molecule has 0 saturated carbocycles. The summed E-state index contributed by atoms with van der Waals surface area (Å²) in [5, 5.41) is 4.69. The Balaban J connectivity index is 1.62. The van der Waals surface area contributed by atoms with Crippen LogP contribution >= 0.6 is 0 Å². The van der Waals surface area contributed by atoms with E-state index in [0.717, 1.165) is 18.6 Å². The van der Waals surface area contributed by atoms with Crippen molar-refractivity contribution in [2.75, 3.05) is 6.54 Å². The molecule has 1 N–H and O–H groups in total. The maximum atomic E-state index is 5.81. The summed E-state index contributed by atoms with van der Waals surface area (Å²) in [6.45, 7) is 3.92. The average Bonchev–Trinajstić information content (AvgIpc) is 2.85. The molecule has 1 aliphatic rings. The van der Waals surface area contributed by atoms with Gasteiger partial charge in [0.2, 0.25) is 0 Å². The van der Waals surface area contributed by atoms with Gasteiger partial charge in [-0.25, -0.2) is 0 Å². The first-order valence-electron chi connectivity index (χ1n) is 7.02. The van der Waals surface area contributed by atoms with Crippen molar-refractivity contribution in [1.82, 2.24) is 10.3 Å². The first kappa shape index (κ1) is 12.6. The summed E-state index contributed by atoms with van der Waals surface area (Å²) < 4.78 is 5.81. The molecule has 1 fully saturated rings. The number of para-hydroxylation sites is 1. The summed E-state index contributed by atoms with van der Waals surface area (Å²) >= 11 is 0. The molecule has 100 valence electrons. The number of hydrogen-bond acceptors (Lipinski definition) is 3. The highest BCUT2D eigenvalue weighted by Crippen LogP contribution is 2.19. The third kappa shape index (κ3) is 2.94. The molecule has 3 nitrogen and oxygen atoms in total. The summed E-state index contributed by atoms with van der Waals surface area (Å²) in [5.41, 5.74) is 2.35. The SMILES string of the molecule is CC1CCC(CNCc2cccc3cccnc23)O1. The predicted octanol–water partition coefficient (Wildman–Crippen LogP) is 2.89. The zero-order valence-corrected chi connectivity index (χ0v) is 11.3. The van der Waals surface area contributed by atoms with E-state index in [2.05, 4.69) is 41.5 Å². The summed E-state index contributed by atoms with van der Waals surface area (Å²) in [6, 6.07) is 10.4. The lowest BCUT2D eigenvalue weighted by atomic mass is 10.1. The molecular formula is C16H20N2O. The van der Waals surface area contributed by atoms with Crippen molar-refractivity contribution < 1.29 is 4.74 Å². The Morgan fingerprint density at radius 3 is 3.00 bits per heavy atom. The summed E-state index contributed by atoms with van der Waals surface area (Å²) in [7, 11) is 0. The second-order valence-corrected chi connectivity index (χ2v) is 5.27. The number of fused-ring (bicyclic) bond motifs is 1. The van der Waals surface area contributed by atoms with Crippen LogP contribution in [0.1, 0.15) is 25.3 Å². The van der Waals surface area contributed by atoms with Gasteiger partial charge in [0.25, 0.3) is 0 Å². The second-order valence-electron chi connectivity index (χ2n) is 5.27. The third-order valence-corrected chi connectivity index (χ3v) is 3.72. The molecule has 0 bridgehead atoms. The molecule has 1 aromatic heterocycles. The Morgan fingerprint density at radius 2 is 2.16 bits per heavy atom. The van der Waals surface area contributed by atoms with E-state index in [4.69, 9.17) is 4.74 Å². The standard InChI is InChI=1S/C16H20N2O/c1-12-7-8-15(19-12)11-17-10-14-5-2-4-13-6-3-9-18-16(13)14/h2-6,9,12,15,17H,7-8,10-11H2,1H3. The van der Waals surface area contributed by atoms with E-state index in [9.17, 15) is 0 Å². The monoisotopic (exact) mass is 256 g/mol. The van der Waals surface area contributed by atoms with E-state index >= 15 is 0 Å². The molecular weight excluding hydrogens is 236 g/mol. The van der Waals surface area contributed by atoms with Crippen molar-refractivity contribution in [1.29, 1.82) is 0 Å². The Hall–Kier alpha value is -1.45. The van der Waals surface area contributed by atoms with Crippen LogP contribution in [0.4, 0.5) is 0 Å². The fourth-order valence-corrected chi connectivity index (χ4v) is 2.71. The Labute approximate surface area is 114 Å². The molecule has 2 unspecified atom stereocenters. The van der Waals surface area contributed by atoms with Gasteiger partial charge in [0.05, 0.1) is 17.7 Å². The van der Waals surface area contributed by atoms with Gasteiger partial charge in [0.1, 0.15) is 0 Å². The molecule has 3 heteroatoms. The molecule has 2 heterocycles. The van der Waals surface area contributed by atoms with Crippen LogP contribution in [0.5, 0.6) is 0 Å². The molecule has 0 amide bonds. The van der Waals surface area contributed by atoms with Crippen molar-refractivity contribution in [2.45, 2.75) is 38.5 Å². The minimum absolute atomic E-state index is 0.373. The maximum Gasteiger partial charge on any atom is 0.0746 e. The smallest absolute Gasteiger partial charge is 0.0746 e. The van der Waals surface area contributed by atoms with Crippen LogP contribution in [0.3, 0.4) is 0 Å². The maximum absolute atomic E-state index is 5.81. The third-order valence-electron chi connectivity index (χ3n) is 3.72. The van der Waals surface area contributed by atoms with E-state index in [-0.39, 0.29) is 0 Å². The number of hydrogen-bond donors (Lipinski definition) is 1. The van der Waals surface area contributed by atoms with Crippen LogP contribution in [-0.2, 0) is 11.3 Å². The van der Waals surface area contributed by atoms with Gasteiger partial charge in [-0.05, 0) is 31.4 Å². The predicted molar refractivity (Wildman–Crippen MR) is 77.0 cm³/mol. The lowest BCUT2D eigenvalue weighted by molar-refractivity contribution is 0.0559. The summed E-state index contributed by atoms with van der Waals surface area (Å²) in [4.78, 5) is 4.47. The van der Waals surface area contributed by atoms with Crippen LogP contribution < -0.4 is 5.32 Å². The molecule has 2 aromatic rings. The van der Waals surface area contributed by atoms with Crippen molar-refractivity contribution in [3.8, 4) is 0 Å². The number of pyridine rings is 1. The average molecular weight is 256 g/mol. The van der Waals surface area contributed by atoms with Crippen LogP contribution in [0, 0.1) is 0 Å². The lowest BCUT2D eigenvalue weighted by Crippen LogP contribution is -2.26. The van der Waals surface area contributed by atoms with Crippen LogP contribution in [0.25, 0.3) is 10.9 Å². The Bertz CT molecular complexity index is 550. The molecule has 1 saturated heterocycles. The molecule has 2 atom stereocenters. The first-order valence-corrected chi connectivity index (χ1v) is 7.02. The van der Waals surface area contributed by atoms with Gasteiger partial charge in [0, 0.05) is 24.7 Å². The van der Waals surface area contributed by atoms with Crippen LogP contribution in [-0.4, -0.2) is 23.7 Å². The van der Waals surface area contributed by atoms with E-state index in [1.807, 2.05) is 12.3 Å². The second kappa shape index (κ2) is 5.68. The lowest BCUT2D eigenvalue weighted by Gasteiger charge is -2.13. The zero-order valence-electron chi connectivity index (χ0n) is 11.3. The number of aromatic nitrogens is 1.